The van der Waals surface area contributed by atoms with Crippen molar-refractivity contribution in [3.63, 3.8) is 0 Å². The van der Waals surface area contributed by atoms with Gasteiger partial charge < -0.3 is 10.2 Å². The average molecular weight is 281 g/mol. The second-order valence-electron chi connectivity index (χ2n) is 4.64. The van der Waals surface area contributed by atoms with Gasteiger partial charge in [0.25, 0.3) is 0 Å². The molecule has 0 aromatic carbocycles. The molecule has 7 nitrogen and oxygen atoms in total. The quantitative estimate of drug-likeness (QED) is 0.575. The third-order valence-electron chi connectivity index (χ3n) is 2.41. The summed E-state index contributed by atoms with van der Waals surface area (Å²) in [4.78, 5) is 22.1. The summed E-state index contributed by atoms with van der Waals surface area (Å²) < 4.78 is 23.9. The van der Waals surface area contributed by atoms with Crippen molar-refractivity contribution < 1.29 is 28.2 Å². The minimum Gasteiger partial charge on any atom is -0.481 e. The summed E-state index contributed by atoms with van der Waals surface area (Å²) in [5.41, 5.74) is 0. The summed E-state index contributed by atoms with van der Waals surface area (Å²) in [7, 11) is -3.55. The van der Waals surface area contributed by atoms with E-state index in [1.54, 1.807) is 13.8 Å². The molecule has 0 aromatic rings. The lowest BCUT2D eigenvalue weighted by atomic mass is 9.85. The van der Waals surface area contributed by atoms with Gasteiger partial charge in [0.1, 0.15) is 0 Å². The number of carboxylic acids is 2. The normalized spacial score (nSPS) is 15.3. The van der Waals surface area contributed by atoms with Gasteiger partial charge in [0.2, 0.25) is 10.0 Å². The van der Waals surface area contributed by atoms with E-state index < -0.39 is 40.3 Å². The monoisotopic (exact) mass is 281 g/mol. The lowest BCUT2D eigenvalue weighted by Crippen LogP contribution is -2.40. The van der Waals surface area contributed by atoms with Crippen LogP contribution in [0.15, 0.2) is 0 Å². The zero-order valence-electron chi connectivity index (χ0n) is 10.6. The highest BCUT2D eigenvalue weighted by Gasteiger charge is 2.34. The van der Waals surface area contributed by atoms with Gasteiger partial charge in [-0.05, 0) is 12.3 Å². The van der Waals surface area contributed by atoms with Crippen LogP contribution in [0, 0.1) is 17.8 Å². The van der Waals surface area contributed by atoms with Gasteiger partial charge in [0.15, 0.2) is 0 Å². The van der Waals surface area contributed by atoms with Crippen LogP contribution in [-0.2, 0) is 19.6 Å². The number of carboxylic acid groups (broad SMARTS) is 2. The van der Waals surface area contributed by atoms with Gasteiger partial charge in [-0.2, -0.15) is 0 Å². The molecular formula is C10H19NO6S. The Hall–Kier alpha value is -1.15. The fraction of sp³-hybridized carbons (Fsp3) is 0.800. The molecule has 2 unspecified atom stereocenters. The van der Waals surface area contributed by atoms with E-state index in [2.05, 4.69) is 0 Å². The smallest absolute Gasteiger partial charge is 0.308 e. The Balaban J connectivity index is 4.93. The number of hydrogen-bond donors (Lipinski definition) is 3. The van der Waals surface area contributed by atoms with E-state index in [-0.39, 0.29) is 12.3 Å². The molecule has 0 bridgehead atoms. The van der Waals surface area contributed by atoms with Crippen molar-refractivity contribution in [2.24, 2.45) is 17.8 Å². The van der Waals surface area contributed by atoms with Crippen molar-refractivity contribution in [3.05, 3.63) is 0 Å². The van der Waals surface area contributed by atoms with E-state index in [1.165, 1.54) is 0 Å². The molecule has 0 amide bonds. The predicted molar refractivity (Wildman–Crippen MR) is 64.6 cm³/mol. The Bertz CT molecular complexity index is 403. The van der Waals surface area contributed by atoms with Crippen molar-refractivity contribution in [3.8, 4) is 0 Å². The molecule has 106 valence electrons. The number of hydrogen-bond acceptors (Lipinski definition) is 4. The second kappa shape index (κ2) is 6.69. The first-order valence-electron chi connectivity index (χ1n) is 5.44. The number of carbonyl (C=O) groups is 2. The van der Waals surface area contributed by atoms with Crippen molar-refractivity contribution in [1.29, 1.82) is 0 Å². The summed E-state index contributed by atoms with van der Waals surface area (Å²) in [6.45, 7) is 3.13. The van der Waals surface area contributed by atoms with E-state index in [9.17, 15) is 18.0 Å². The third-order valence-corrected chi connectivity index (χ3v) is 3.10. The van der Waals surface area contributed by atoms with Crippen molar-refractivity contribution in [1.82, 2.24) is 4.72 Å². The molecule has 0 radical (unpaired) electrons. The first-order chi connectivity index (χ1) is 8.04. The van der Waals surface area contributed by atoms with Crippen LogP contribution in [0.5, 0.6) is 0 Å². The van der Waals surface area contributed by atoms with Crippen molar-refractivity contribution in [2.75, 3.05) is 12.8 Å². The van der Waals surface area contributed by atoms with Gasteiger partial charge in [-0.1, -0.05) is 13.8 Å². The van der Waals surface area contributed by atoms with E-state index in [0.717, 1.165) is 6.26 Å². The number of sulfonamides is 1. The number of aliphatic carboxylic acids is 2. The molecule has 0 aromatic heterocycles. The molecule has 0 spiro atoms. The Morgan fingerprint density at radius 1 is 1.11 bits per heavy atom. The van der Waals surface area contributed by atoms with E-state index in [0.29, 0.717) is 0 Å². The standard InChI is InChI=1S/C10H19NO6S/c1-6(2)4-7(9(12)13)8(10(14)15)5-11-18(3,16)17/h6-8,11H,4-5H2,1-3H3,(H,12,13)(H,14,15). The average Bonchev–Trinajstić information content (AvgIpc) is 2.12. The third kappa shape index (κ3) is 6.55. The van der Waals surface area contributed by atoms with Gasteiger partial charge in [-0.25, -0.2) is 13.1 Å². The fourth-order valence-electron chi connectivity index (χ4n) is 1.59. The van der Waals surface area contributed by atoms with Crippen LogP contribution in [0.1, 0.15) is 20.3 Å². The molecule has 0 rings (SSSR count). The molecule has 0 fully saturated rings. The lowest BCUT2D eigenvalue weighted by molar-refractivity contribution is -0.154. The Morgan fingerprint density at radius 3 is 1.83 bits per heavy atom. The van der Waals surface area contributed by atoms with E-state index in [1.807, 2.05) is 4.72 Å². The number of rotatable bonds is 8. The molecule has 2 atom stereocenters. The molecule has 18 heavy (non-hydrogen) atoms. The van der Waals surface area contributed by atoms with Gasteiger partial charge in [-0.3, -0.25) is 9.59 Å². The van der Waals surface area contributed by atoms with Crippen LogP contribution in [0.2, 0.25) is 0 Å². The fourth-order valence-corrected chi connectivity index (χ4v) is 2.07. The van der Waals surface area contributed by atoms with Crippen molar-refractivity contribution >= 4 is 22.0 Å². The number of nitrogens with one attached hydrogen (secondary N) is 1. The first kappa shape index (κ1) is 16.9. The Morgan fingerprint density at radius 2 is 1.56 bits per heavy atom. The minimum atomic E-state index is -3.55. The Kier molecular flexibility index (Phi) is 6.27. The molecule has 0 heterocycles. The molecule has 0 saturated heterocycles. The van der Waals surface area contributed by atoms with Crippen LogP contribution >= 0.6 is 0 Å². The highest BCUT2D eigenvalue weighted by atomic mass is 32.2. The van der Waals surface area contributed by atoms with Crippen molar-refractivity contribution in [2.45, 2.75) is 20.3 Å². The maximum Gasteiger partial charge on any atom is 0.308 e. The minimum absolute atomic E-state index is 0.00573. The predicted octanol–water partition coefficient (Wildman–Crippen LogP) is -0.0167. The van der Waals surface area contributed by atoms with E-state index in [4.69, 9.17) is 10.2 Å². The highest BCUT2D eigenvalue weighted by molar-refractivity contribution is 7.88. The maximum absolute atomic E-state index is 11.1. The zero-order chi connectivity index (χ0) is 14.5. The SMILES string of the molecule is CC(C)CC(C(=O)O)C(CNS(C)(=O)=O)C(=O)O. The summed E-state index contributed by atoms with van der Waals surface area (Å²) >= 11 is 0. The van der Waals surface area contributed by atoms with Crippen LogP contribution in [0.3, 0.4) is 0 Å². The highest BCUT2D eigenvalue weighted by Crippen LogP contribution is 2.21. The Labute approximate surface area is 106 Å². The van der Waals surface area contributed by atoms with E-state index >= 15 is 0 Å². The first-order valence-corrected chi connectivity index (χ1v) is 7.34. The van der Waals surface area contributed by atoms with Gasteiger partial charge in [0.05, 0.1) is 18.1 Å². The van der Waals surface area contributed by atoms with Crippen LogP contribution in [-0.4, -0.2) is 43.4 Å². The topological polar surface area (TPSA) is 121 Å². The largest absolute Gasteiger partial charge is 0.481 e. The summed E-state index contributed by atoms with van der Waals surface area (Å²) in [6.07, 6.45) is 1.07. The van der Waals surface area contributed by atoms with Crippen LogP contribution in [0.4, 0.5) is 0 Å². The maximum atomic E-state index is 11.1. The van der Waals surface area contributed by atoms with Crippen LogP contribution < -0.4 is 4.72 Å². The summed E-state index contributed by atoms with van der Waals surface area (Å²) in [5.74, 6) is -4.94. The lowest BCUT2D eigenvalue weighted by Gasteiger charge is -2.21. The van der Waals surface area contributed by atoms with Gasteiger partial charge in [0, 0.05) is 6.54 Å². The molecule has 3 N–H and O–H groups in total. The van der Waals surface area contributed by atoms with Gasteiger partial charge >= 0.3 is 11.9 Å². The summed E-state index contributed by atoms with van der Waals surface area (Å²) in [6, 6.07) is 0. The molecule has 0 aliphatic carbocycles. The zero-order valence-corrected chi connectivity index (χ0v) is 11.4. The molecule has 8 heteroatoms. The van der Waals surface area contributed by atoms with Gasteiger partial charge in [-0.15, -0.1) is 0 Å². The molecule has 0 saturated carbocycles. The molecular weight excluding hydrogens is 262 g/mol. The molecule has 0 aliphatic heterocycles. The summed E-state index contributed by atoms with van der Waals surface area (Å²) in [5, 5.41) is 18.0. The second-order valence-corrected chi connectivity index (χ2v) is 6.47. The van der Waals surface area contributed by atoms with Crippen LogP contribution in [0.25, 0.3) is 0 Å². The molecule has 0 aliphatic rings.